The molecule has 2 aromatic carbocycles. The Hall–Kier alpha value is -2.85. The molecule has 0 bridgehead atoms. The average molecular weight is 349 g/mol. The van der Waals surface area contributed by atoms with E-state index in [2.05, 4.69) is 30.4 Å². The van der Waals surface area contributed by atoms with Crippen LogP contribution < -0.4 is 10.6 Å². The minimum atomic E-state index is -0.0422. The summed E-state index contributed by atoms with van der Waals surface area (Å²) >= 11 is 0. The Morgan fingerprint density at radius 1 is 1.08 bits per heavy atom. The predicted molar refractivity (Wildman–Crippen MR) is 103 cm³/mol. The Balaban J connectivity index is 1.71. The van der Waals surface area contributed by atoms with Gasteiger partial charge < -0.3 is 15.1 Å². The normalized spacial score (nSPS) is 11.9. The molecule has 0 saturated heterocycles. The third-order valence-electron chi connectivity index (χ3n) is 4.55. The zero-order valence-electron chi connectivity index (χ0n) is 15.2. The topological polar surface area (TPSA) is 58.9 Å². The smallest absolute Gasteiger partial charge is 0.279 e. The first-order valence-corrected chi connectivity index (χ1v) is 8.99. The van der Waals surface area contributed by atoms with Gasteiger partial charge in [0.1, 0.15) is 0 Å². The van der Waals surface area contributed by atoms with Crippen molar-refractivity contribution in [3.05, 3.63) is 89.4 Å². The number of benzene rings is 2. The lowest BCUT2D eigenvalue weighted by molar-refractivity contribution is -0.678. The first kappa shape index (κ1) is 18.0. The summed E-state index contributed by atoms with van der Waals surface area (Å²) in [6, 6.07) is 20.0. The van der Waals surface area contributed by atoms with Crippen LogP contribution in [-0.2, 0) is 11.2 Å². The highest BCUT2D eigenvalue weighted by molar-refractivity contribution is 5.93. The van der Waals surface area contributed by atoms with Gasteiger partial charge in [0, 0.05) is 11.3 Å². The van der Waals surface area contributed by atoms with Crippen LogP contribution in [0.1, 0.15) is 35.4 Å². The largest absolute Gasteiger partial charge is 0.463 e. The molecule has 1 aromatic heterocycles. The zero-order chi connectivity index (χ0) is 18.4. The van der Waals surface area contributed by atoms with Crippen LogP contribution >= 0.6 is 0 Å². The molecule has 4 nitrogen and oxygen atoms in total. The minimum Gasteiger partial charge on any atom is -0.463 e. The number of para-hydroxylation sites is 1. The highest BCUT2D eigenvalue weighted by atomic mass is 16.3. The van der Waals surface area contributed by atoms with Gasteiger partial charge in [0.15, 0.2) is 18.3 Å². The van der Waals surface area contributed by atoms with Gasteiger partial charge in [-0.1, -0.05) is 55.5 Å². The van der Waals surface area contributed by atoms with Gasteiger partial charge in [0.05, 0.1) is 6.26 Å². The number of hydrogen-bond acceptors (Lipinski definition) is 2. The summed E-state index contributed by atoms with van der Waals surface area (Å²) in [5.74, 6) is 0.829. The van der Waals surface area contributed by atoms with Crippen LogP contribution in [0.25, 0.3) is 0 Å². The van der Waals surface area contributed by atoms with E-state index in [9.17, 15) is 4.79 Å². The lowest BCUT2D eigenvalue weighted by Crippen LogP contribution is -2.87. The van der Waals surface area contributed by atoms with Crippen molar-refractivity contribution in [2.75, 3.05) is 11.9 Å². The summed E-state index contributed by atoms with van der Waals surface area (Å²) in [5, 5.41) is 5.09. The van der Waals surface area contributed by atoms with Crippen LogP contribution in [0.3, 0.4) is 0 Å². The second-order valence-corrected chi connectivity index (χ2v) is 6.35. The maximum atomic E-state index is 12.6. The highest BCUT2D eigenvalue weighted by Gasteiger charge is 2.21. The number of rotatable bonds is 7. The average Bonchev–Trinajstić information content (AvgIpc) is 3.19. The van der Waals surface area contributed by atoms with E-state index < -0.39 is 0 Å². The van der Waals surface area contributed by atoms with Crippen molar-refractivity contribution in [3.63, 3.8) is 0 Å². The number of carbonyl (C=O) groups excluding carboxylic acids is 1. The van der Waals surface area contributed by atoms with Crippen LogP contribution in [0, 0.1) is 6.92 Å². The van der Waals surface area contributed by atoms with E-state index >= 15 is 0 Å². The van der Waals surface area contributed by atoms with E-state index in [4.69, 9.17) is 4.42 Å². The maximum absolute atomic E-state index is 12.6. The van der Waals surface area contributed by atoms with E-state index in [0.717, 1.165) is 34.6 Å². The molecule has 0 radical (unpaired) electrons. The number of furan rings is 1. The molecule has 1 heterocycles. The molecule has 4 heteroatoms. The Labute approximate surface area is 154 Å². The van der Waals surface area contributed by atoms with Gasteiger partial charge in [0.25, 0.3) is 5.91 Å². The number of nitrogens with one attached hydrogen (secondary N) is 1. The molecule has 0 unspecified atom stereocenters. The molecule has 134 valence electrons. The number of anilines is 1. The highest BCUT2D eigenvalue weighted by Crippen LogP contribution is 2.21. The quantitative estimate of drug-likeness (QED) is 0.686. The Morgan fingerprint density at radius 2 is 1.88 bits per heavy atom. The van der Waals surface area contributed by atoms with E-state index in [1.807, 2.05) is 54.7 Å². The zero-order valence-corrected chi connectivity index (χ0v) is 15.2. The second-order valence-electron chi connectivity index (χ2n) is 6.35. The standard InChI is InChI=1S/C22H24N2O2/c1-3-17-12-7-9-16(2)21(17)24-20(25)15-23-22(19-13-8-14-26-19)18-10-5-4-6-11-18/h4-14,22-23H,3,15H2,1-2H3,(H,24,25)/p+1/t22-/m0/s1. The number of aryl methyl sites for hydroxylation is 2. The third-order valence-corrected chi connectivity index (χ3v) is 4.55. The fourth-order valence-corrected chi connectivity index (χ4v) is 3.16. The van der Waals surface area contributed by atoms with E-state index in [0.29, 0.717) is 6.54 Å². The molecule has 3 aromatic rings. The fraction of sp³-hybridized carbons (Fsp3) is 0.227. The molecule has 0 aliphatic carbocycles. The van der Waals surface area contributed by atoms with Gasteiger partial charge in [-0.15, -0.1) is 0 Å². The maximum Gasteiger partial charge on any atom is 0.279 e. The number of amides is 1. The van der Waals surface area contributed by atoms with Crippen LogP contribution in [0.2, 0.25) is 0 Å². The van der Waals surface area contributed by atoms with Crippen LogP contribution in [0.5, 0.6) is 0 Å². The van der Waals surface area contributed by atoms with Crippen molar-refractivity contribution in [1.29, 1.82) is 0 Å². The van der Waals surface area contributed by atoms with Crippen molar-refractivity contribution in [2.24, 2.45) is 0 Å². The van der Waals surface area contributed by atoms with Gasteiger partial charge in [-0.25, -0.2) is 0 Å². The molecule has 3 rings (SSSR count). The molecule has 1 atom stereocenters. The van der Waals surface area contributed by atoms with Gasteiger partial charge >= 0.3 is 0 Å². The molecule has 3 N–H and O–H groups in total. The number of carbonyl (C=O) groups is 1. The molecule has 0 fully saturated rings. The van der Waals surface area contributed by atoms with Crippen molar-refractivity contribution >= 4 is 11.6 Å². The predicted octanol–water partition coefficient (Wildman–Crippen LogP) is 3.44. The van der Waals surface area contributed by atoms with E-state index in [1.165, 1.54) is 0 Å². The molecule has 0 aliphatic rings. The SMILES string of the molecule is CCc1cccc(C)c1NC(=O)C[NH2+][C@@H](c1ccccc1)c1ccco1. The summed E-state index contributed by atoms with van der Waals surface area (Å²) in [6.45, 7) is 4.44. The third kappa shape index (κ3) is 4.21. The molecular formula is C22H25N2O2+. The van der Waals surface area contributed by atoms with Crippen LogP contribution in [0.4, 0.5) is 5.69 Å². The number of hydrogen-bond donors (Lipinski definition) is 2. The Bertz CT molecular complexity index is 842. The van der Waals surface area contributed by atoms with Crippen molar-refractivity contribution < 1.29 is 14.5 Å². The van der Waals surface area contributed by atoms with Gasteiger partial charge in [-0.2, -0.15) is 0 Å². The lowest BCUT2D eigenvalue weighted by atomic mass is 10.0. The number of nitrogens with two attached hydrogens (primary N) is 1. The first-order chi connectivity index (χ1) is 12.7. The van der Waals surface area contributed by atoms with Gasteiger partial charge in [0.2, 0.25) is 0 Å². The van der Waals surface area contributed by atoms with E-state index in [-0.39, 0.29) is 11.9 Å². The molecule has 26 heavy (non-hydrogen) atoms. The molecular weight excluding hydrogens is 324 g/mol. The fourth-order valence-electron chi connectivity index (χ4n) is 3.16. The molecule has 1 amide bonds. The van der Waals surface area contributed by atoms with E-state index in [1.54, 1.807) is 6.26 Å². The summed E-state index contributed by atoms with van der Waals surface area (Å²) in [5.41, 5.74) is 4.29. The summed E-state index contributed by atoms with van der Waals surface area (Å²) in [7, 11) is 0. The van der Waals surface area contributed by atoms with Gasteiger partial charge in [-0.3, -0.25) is 4.79 Å². The summed E-state index contributed by atoms with van der Waals surface area (Å²) in [4.78, 5) is 12.6. The monoisotopic (exact) mass is 349 g/mol. The van der Waals surface area contributed by atoms with Crippen molar-refractivity contribution in [1.82, 2.24) is 0 Å². The van der Waals surface area contributed by atoms with Gasteiger partial charge in [-0.05, 0) is 36.6 Å². The van der Waals surface area contributed by atoms with Crippen LogP contribution in [-0.4, -0.2) is 12.5 Å². The minimum absolute atomic E-state index is 0.0125. The van der Waals surface area contributed by atoms with Crippen molar-refractivity contribution in [2.45, 2.75) is 26.3 Å². The Kier molecular flexibility index (Phi) is 5.87. The summed E-state index contributed by atoms with van der Waals surface area (Å²) in [6.07, 6.45) is 2.56. The first-order valence-electron chi connectivity index (χ1n) is 8.99. The second kappa shape index (κ2) is 8.50. The molecule has 0 saturated carbocycles. The number of quaternary nitrogens is 1. The van der Waals surface area contributed by atoms with Crippen molar-refractivity contribution in [3.8, 4) is 0 Å². The van der Waals surface area contributed by atoms with Crippen LogP contribution in [0.15, 0.2) is 71.3 Å². The molecule has 0 spiro atoms. The lowest BCUT2D eigenvalue weighted by Gasteiger charge is -2.15. The molecule has 0 aliphatic heterocycles. The Morgan fingerprint density at radius 3 is 2.58 bits per heavy atom. The summed E-state index contributed by atoms with van der Waals surface area (Å²) < 4.78 is 5.59.